The summed E-state index contributed by atoms with van der Waals surface area (Å²) in [7, 11) is -3.99. The lowest BCUT2D eigenvalue weighted by Gasteiger charge is -2.18. The molecule has 0 aliphatic carbocycles. The lowest BCUT2D eigenvalue weighted by Crippen LogP contribution is -2.16. The van der Waals surface area contributed by atoms with Gasteiger partial charge in [-0.15, -0.1) is 0 Å². The zero-order chi connectivity index (χ0) is 22.7. The number of hydrogen-bond donors (Lipinski definition) is 1. The van der Waals surface area contributed by atoms with Gasteiger partial charge in [-0.05, 0) is 30.7 Å². The largest absolute Gasteiger partial charge is 0.486 e. The molecule has 2 aromatic carbocycles. The summed E-state index contributed by atoms with van der Waals surface area (Å²) in [5, 5.41) is 2.94. The number of imidazole rings is 1. The second kappa shape index (κ2) is 8.99. The maximum atomic E-state index is 13.5. The Bertz CT molecular complexity index is 1330. The van der Waals surface area contributed by atoms with Crippen LogP contribution in [0.15, 0.2) is 81.6 Å². The van der Waals surface area contributed by atoms with E-state index in [9.17, 15) is 8.42 Å². The van der Waals surface area contributed by atoms with Crippen LogP contribution in [0.2, 0.25) is 0 Å². The molecular weight excluding hydrogens is 444 g/mol. The van der Waals surface area contributed by atoms with Gasteiger partial charge >= 0.3 is 0 Å². The average Bonchev–Trinajstić information content (AvgIpc) is 3.53. The number of hydrogen-bond acceptors (Lipinski definition) is 8. The molecule has 33 heavy (non-hydrogen) atoms. The highest BCUT2D eigenvalue weighted by atomic mass is 32.2. The Labute approximate surface area is 190 Å². The molecule has 0 amide bonds. The maximum Gasteiger partial charge on any atom is 0.233 e. The molecule has 0 unspecified atom stereocenters. The van der Waals surface area contributed by atoms with E-state index in [0.29, 0.717) is 36.8 Å². The quantitative estimate of drug-likeness (QED) is 0.392. The molecule has 0 atom stereocenters. The van der Waals surface area contributed by atoms with Crippen molar-refractivity contribution in [2.75, 3.05) is 25.1 Å². The normalized spacial score (nSPS) is 13.1. The fourth-order valence-electron chi connectivity index (χ4n) is 3.49. The molecule has 4 aromatic rings. The minimum atomic E-state index is -3.99. The highest BCUT2D eigenvalue weighted by Gasteiger charge is 2.30. The number of rotatable bonds is 8. The van der Waals surface area contributed by atoms with E-state index in [1.165, 1.54) is 12.1 Å². The fourth-order valence-corrected chi connectivity index (χ4v) is 4.78. The van der Waals surface area contributed by atoms with Gasteiger partial charge in [0, 0.05) is 37.1 Å². The van der Waals surface area contributed by atoms with Crippen LogP contribution in [0.4, 0.5) is 5.88 Å². The van der Waals surface area contributed by atoms with Crippen LogP contribution in [0.5, 0.6) is 11.5 Å². The number of nitrogens with one attached hydrogen (secondary N) is 1. The van der Waals surface area contributed by atoms with Gasteiger partial charge in [-0.2, -0.15) is 4.98 Å². The van der Waals surface area contributed by atoms with Gasteiger partial charge in [-0.3, -0.25) is 0 Å². The Morgan fingerprint density at radius 2 is 1.85 bits per heavy atom. The number of oxazole rings is 1. The first-order chi connectivity index (χ1) is 16.1. The lowest BCUT2D eigenvalue weighted by molar-refractivity contribution is 0.171. The van der Waals surface area contributed by atoms with Gasteiger partial charge in [0.1, 0.15) is 13.2 Å². The highest BCUT2D eigenvalue weighted by molar-refractivity contribution is 7.91. The third kappa shape index (κ3) is 4.42. The molecule has 0 saturated heterocycles. The van der Waals surface area contributed by atoms with E-state index in [4.69, 9.17) is 13.9 Å². The van der Waals surface area contributed by atoms with Crippen LogP contribution in [-0.2, 0) is 16.4 Å². The number of ether oxygens (including phenoxy) is 2. The second-order valence-electron chi connectivity index (χ2n) is 7.41. The van der Waals surface area contributed by atoms with Crippen molar-refractivity contribution < 1.29 is 22.3 Å². The van der Waals surface area contributed by atoms with Gasteiger partial charge in [0.05, 0.1) is 11.2 Å². The first-order valence-electron chi connectivity index (χ1n) is 10.5. The minimum absolute atomic E-state index is 0.0566. The first-order valence-corrected chi connectivity index (χ1v) is 12.0. The van der Waals surface area contributed by atoms with Crippen molar-refractivity contribution in [1.29, 1.82) is 0 Å². The van der Waals surface area contributed by atoms with Crippen LogP contribution in [-0.4, -0.2) is 42.7 Å². The molecule has 3 heterocycles. The Hall–Kier alpha value is -3.79. The summed E-state index contributed by atoms with van der Waals surface area (Å²) < 4.78 is 46.0. The summed E-state index contributed by atoms with van der Waals surface area (Å²) >= 11 is 0. The van der Waals surface area contributed by atoms with Gasteiger partial charge < -0.3 is 23.8 Å². The molecule has 1 aliphatic heterocycles. The summed E-state index contributed by atoms with van der Waals surface area (Å²) in [6.07, 6.45) is 6.06. The van der Waals surface area contributed by atoms with Crippen LogP contribution in [0.3, 0.4) is 0 Å². The van der Waals surface area contributed by atoms with Gasteiger partial charge in [0.15, 0.2) is 11.5 Å². The highest BCUT2D eigenvalue weighted by Crippen LogP contribution is 2.37. The first kappa shape index (κ1) is 21.1. The summed E-state index contributed by atoms with van der Waals surface area (Å²) in [6.45, 7) is 2.01. The molecule has 2 aromatic heterocycles. The predicted octanol–water partition coefficient (Wildman–Crippen LogP) is 3.64. The third-order valence-electron chi connectivity index (χ3n) is 5.13. The van der Waals surface area contributed by atoms with Crippen LogP contribution in [0.25, 0.3) is 11.5 Å². The monoisotopic (exact) mass is 466 g/mol. The summed E-state index contributed by atoms with van der Waals surface area (Å²) in [5.74, 6) is 1.24. The van der Waals surface area contributed by atoms with E-state index in [1.54, 1.807) is 18.6 Å². The molecule has 0 spiro atoms. The zero-order valence-electron chi connectivity index (χ0n) is 17.7. The average molecular weight is 467 g/mol. The number of sulfone groups is 1. The van der Waals surface area contributed by atoms with Crippen LogP contribution in [0.1, 0.15) is 6.42 Å². The SMILES string of the molecule is O=S(=O)(c1ccc2c(c1)OCCO2)c1nc(-c2ccccc2)oc1NCCCn1ccnc1. The van der Waals surface area contributed by atoms with Crippen LogP contribution in [0, 0.1) is 0 Å². The lowest BCUT2D eigenvalue weighted by atomic mass is 10.2. The molecule has 5 rings (SSSR count). The zero-order valence-corrected chi connectivity index (χ0v) is 18.5. The van der Waals surface area contributed by atoms with Crippen LogP contribution >= 0.6 is 0 Å². The Kier molecular flexibility index (Phi) is 5.74. The molecule has 1 N–H and O–H groups in total. The molecule has 1 aliphatic rings. The van der Waals surface area contributed by atoms with Gasteiger partial charge in [-0.1, -0.05) is 18.2 Å². The number of anilines is 1. The van der Waals surface area contributed by atoms with E-state index in [2.05, 4.69) is 15.3 Å². The Balaban J connectivity index is 1.45. The van der Waals surface area contributed by atoms with Crippen molar-refractivity contribution in [3.8, 4) is 23.0 Å². The van der Waals surface area contributed by atoms with Crippen molar-refractivity contribution in [2.45, 2.75) is 22.9 Å². The summed E-state index contributed by atoms with van der Waals surface area (Å²) in [6, 6.07) is 13.7. The third-order valence-corrected chi connectivity index (χ3v) is 6.79. The number of benzene rings is 2. The topological polar surface area (TPSA) is 108 Å². The molecule has 9 nitrogen and oxygen atoms in total. The Morgan fingerprint density at radius 3 is 2.64 bits per heavy atom. The van der Waals surface area contributed by atoms with Crippen molar-refractivity contribution >= 4 is 15.7 Å². The van der Waals surface area contributed by atoms with Crippen molar-refractivity contribution in [2.24, 2.45) is 0 Å². The van der Waals surface area contributed by atoms with Gasteiger partial charge in [0.2, 0.25) is 26.6 Å². The molecule has 170 valence electrons. The van der Waals surface area contributed by atoms with Crippen molar-refractivity contribution in [1.82, 2.24) is 14.5 Å². The fraction of sp³-hybridized carbons (Fsp3) is 0.217. The smallest absolute Gasteiger partial charge is 0.233 e. The molecule has 0 saturated carbocycles. The van der Waals surface area contributed by atoms with Gasteiger partial charge in [0.25, 0.3) is 0 Å². The van der Waals surface area contributed by atoms with Crippen LogP contribution < -0.4 is 14.8 Å². The second-order valence-corrected chi connectivity index (χ2v) is 9.27. The van der Waals surface area contributed by atoms with E-state index >= 15 is 0 Å². The summed E-state index contributed by atoms with van der Waals surface area (Å²) in [5.41, 5.74) is 0.683. The van der Waals surface area contributed by atoms with E-state index < -0.39 is 9.84 Å². The molecular formula is C23H22N4O5S. The molecule has 0 fully saturated rings. The van der Waals surface area contributed by atoms with E-state index in [0.717, 1.165) is 13.0 Å². The predicted molar refractivity (Wildman–Crippen MR) is 120 cm³/mol. The number of fused-ring (bicyclic) bond motifs is 1. The van der Waals surface area contributed by atoms with Gasteiger partial charge in [-0.25, -0.2) is 13.4 Å². The van der Waals surface area contributed by atoms with Crippen molar-refractivity contribution in [3.05, 3.63) is 67.3 Å². The number of aromatic nitrogens is 3. The van der Waals surface area contributed by atoms with Crippen molar-refractivity contribution in [3.63, 3.8) is 0 Å². The number of aryl methyl sites for hydroxylation is 1. The minimum Gasteiger partial charge on any atom is -0.486 e. The standard InChI is InChI=1S/C23H22N4O5S/c28-33(29,18-7-8-19-20(15-18)31-14-13-30-19)23-22(25-9-4-11-27-12-10-24-16-27)32-21(26-23)17-5-2-1-3-6-17/h1-3,5-8,10,12,15-16,25H,4,9,11,13-14H2. The number of nitrogens with zero attached hydrogens (tertiary/aromatic N) is 3. The molecule has 0 radical (unpaired) electrons. The molecule has 10 heteroatoms. The maximum absolute atomic E-state index is 13.5. The van der Waals surface area contributed by atoms with E-state index in [1.807, 2.05) is 41.1 Å². The Morgan fingerprint density at radius 1 is 1.03 bits per heavy atom. The summed E-state index contributed by atoms with van der Waals surface area (Å²) in [4.78, 5) is 8.44. The molecule has 0 bridgehead atoms. The van der Waals surface area contributed by atoms with E-state index in [-0.39, 0.29) is 21.7 Å².